The van der Waals surface area contributed by atoms with E-state index < -0.39 is 0 Å². The highest BCUT2D eigenvalue weighted by molar-refractivity contribution is 7.21. The minimum absolute atomic E-state index is 0.132. The van der Waals surface area contributed by atoms with Gasteiger partial charge in [0.1, 0.15) is 5.82 Å². The van der Waals surface area contributed by atoms with E-state index in [0.717, 1.165) is 24.0 Å². The van der Waals surface area contributed by atoms with Crippen LogP contribution < -0.4 is 0 Å². The molecule has 1 saturated heterocycles. The number of hydrogen-bond acceptors (Lipinski definition) is 6. The van der Waals surface area contributed by atoms with Crippen LogP contribution in [-0.4, -0.2) is 34.6 Å². The van der Waals surface area contributed by atoms with Crippen LogP contribution in [0.5, 0.6) is 0 Å². The summed E-state index contributed by atoms with van der Waals surface area (Å²) in [4.78, 5) is 19.8. The Balaban J connectivity index is 1.77. The van der Waals surface area contributed by atoms with Crippen LogP contribution in [0.3, 0.4) is 0 Å². The number of hydrogen-bond donors (Lipinski definition) is 0. The van der Waals surface area contributed by atoms with Gasteiger partial charge in [-0.3, -0.25) is 4.79 Å². The van der Waals surface area contributed by atoms with E-state index >= 15 is 0 Å². The van der Waals surface area contributed by atoms with Gasteiger partial charge in [0, 0.05) is 29.3 Å². The lowest BCUT2D eigenvalue weighted by Crippen LogP contribution is -2.39. The lowest BCUT2D eigenvalue weighted by atomic mass is 10.0. The summed E-state index contributed by atoms with van der Waals surface area (Å²) in [6.07, 6.45) is 3.97. The van der Waals surface area contributed by atoms with Gasteiger partial charge in [-0.2, -0.15) is 4.98 Å². The van der Waals surface area contributed by atoms with E-state index in [2.05, 4.69) is 10.1 Å². The van der Waals surface area contributed by atoms with E-state index in [1.165, 1.54) is 23.8 Å². The van der Waals surface area contributed by atoms with Gasteiger partial charge in [-0.1, -0.05) is 11.2 Å². The van der Waals surface area contributed by atoms with E-state index in [9.17, 15) is 9.18 Å². The van der Waals surface area contributed by atoms with Gasteiger partial charge >= 0.3 is 0 Å². The van der Waals surface area contributed by atoms with Crippen LogP contribution in [0.15, 0.2) is 29.1 Å². The van der Waals surface area contributed by atoms with Gasteiger partial charge in [0.15, 0.2) is 5.82 Å². The Morgan fingerprint density at radius 1 is 1.46 bits per heavy atom. The zero-order valence-corrected chi connectivity index (χ0v) is 15.1. The molecular weight excluding hydrogens is 357 g/mol. The Morgan fingerprint density at radius 3 is 3.12 bits per heavy atom. The zero-order valence-electron chi connectivity index (χ0n) is 14.3. The summed E-state index contributed by atoms with van der Waals surface area (Å²) < 4.78 is 25.2. The lowest BCUT2D eigenvalue weighted by molar-refractivity contribution is 0.0598. The molecule has 0 spiro atoms. The smallest absolute Gasteiger partial charge is 0.264 e. The number of aromatic nitrogens is 2. The molecule has 26 heavy (non-hydrogen) atoms. The maximum atomic E-state index is 14.4. The van der Waals surface area contributed by atoms with Crippen LogP contribution >= 0.6 is 11.3 Å². The summed E-state index contributed by atoms with van der Waals surface area (Å²) in [6, 6.07) is 4.67. The first-order chi connectivity index (χ1) is 12.7. The number of fused-ring (bicyclic) bond motifs is 1. The number of ether oxygens (including phenoxy) is 1. The molecule has 8 heteroatoms. The van der Waals surface area contributed by atoms with Crippen molar-refractivity contribution in [3.8, 4) is 0 Å². The fraction of sp³-hybridized carbons (Fsp3) is 0.389. The number of halogens is 1. The van der Waals surface area contributed by atoms with Crippen molar-refractivity contribution in [2.45, 2.75) is 31.9 Å². The number of rotatable bonds is 4. The minimum Gasteiger partial charge on any atom is -0.380 e. The minimum atomic E-state index is -0.335. The van der Waals surface area contributed by atoms with E-state index in [1.807, 2.05) is 6.07 Å². The van der Waals surface area contributed by atoms with Crippen molar-refractivity contribution in [2.75, 3.05) is 13.7 Å². The number of carbonyl (C=O) groups is 1. The molecule has 4 rings (SSSR count). The van der Waals surface area contributed by atoms with Gasteiger partial charge in [0.25, 0.3) is 5.91 Å². The molecule has 0 N–H and O–H groups in total. The van der Waals surface area contributed by atoms with Gasteiger partial charge in [-0.15, -0.1) is 11.3 Å². The molecule has 1 atom stereocenters. The Bertz CT molecular complexity index is 925. The van der Waals surface area contributed by atoms with Crippen molar-refractivity contribution in [3.05, 3.63) is 46.7 Å². The maximum absolute atomic E-state index is 14.4. The second-order valence-electron chi connectivity index (χ2n) is 6.26. The molecule has 3 heterocycles. The molecular formula is C18H18FN3O3S. The van der Waals surface area contributed by atoms with Crippen LogP contribution in [0.25, 0.3) is 10.1 Å². The fourth-order valence-electron chi connectivity index (χ4n) is 3.52. The third-order valence-corrected chi connectivity index (χ3v) is 5.87. The van der Waals surface area contributed by atoms with Crippen LogP contribution in [0.2, 0.25) is 0 Å². The summed E-state index contributed by atoms with van der Waals surface area (Å²) in [7, 11) is 1.54. The molecule has 3 aromatic rings. The second-order valence-corrected chi connectivity index (χ2v) is 7.31. The average molecular weight is 375 g/mol. The van der Waals surface area contributed by atoms with Crippen LogP contribution in [0, 0.1) is 5.82 Å². The molecule has 1 aromatic carbocycles. The summed E-state index contributed by atoms with van der Waals surface area (Å²) in [5.41, 5.74) is 0.605. The molecule has 0 radical (unpaired) electrons. The quantitative estimate of drug-likeness (QED) is 0.691. The van der Waals surface area contributed by atoms with Crippen LogP contribution in [0.1, 0.15) is 46.4 Å². The number of piperidine rings is 1. The number of nitrogens with zero attached hydrogens (tertiary/aromatic N) is 3. The fourth-order valence-corrected chi connectivity index (χ4v) is 4.70. The molecule has 2 aromatic heterocycles. The number of methoxy groups -OCH3 is 1. The molecule has 1 fully saturated rings. The third kappa shape index (κ3) is 2.89. The number of carbonyl (C=O) groups excluding carboxylic acids is 1. The van der Waals surface area contributed by atoms with E-state index in [-0.39, 0.29) is 24.4 Å². The van der Waals surface area contributed by atoms with Crippen molar-refractivity contribution >= 4 is 27.3 Å². The Morgan fingerprint density at radius 2 is 2.35 bits per heavy atom. The highest BCUT2D eigenvalue weighted by Gasteiger charge is 2.34. The summed E-state index contributed by atoms with van der Waals surface area (Å²) in [6.45, 7) is 0.796. The number of likely N-dealkylation sites (tertiary alicyclic amines) is 1. The average Bonchev–Trinajstić information content (AvgIpc) is 3.30. The summed E-state index contributed by atoms with van der Waals surface area (Å²) >= 11 is 1.30. The van der Waals surface area contributed by atoms with E-state index in [1.54, 1.807) is 18.1 Å². The molecule has 0 aliphatic carbocycles. The predicted octanol–water partition coefficient (Wildman–Crippen LogP) is 3.94. The topological polar surface area (TPSA) is 68.5 Å². The zero-order chi connectivity index (χ0) is 18.1. The highest BCUT2D eigenvalue weighted by Crippen LogP contribution is 2.37. The van der Waals surface area contributed by atoms with E-state index in [0.29, 0.717) is 28.2 Å². The molecule has 0 bridgehead atoms. The molecule has 1 unspecified atom stereocenters. The van der Waals surface area contributed by atoms with Gasteiger partial charge in [-0.05, 0) is 31.4 Å². The summed E-state index contributed by atoms with van der Waals surface area (Å²) in [5.74, 6) is 0.0454. The van der Waals surface area contributed by atoms with Crippen molar-refractivity contribution in [1.82, 2.24) is 15.0 Å². The second kappa shape index (κ2) is 7.13. The standard InChI is InChI=1S/C18H18FN3O3S/c1-24-9-11-15-12(19)5-4-7-14(15)26-16(11)18(23)22-8-3-2-6-13(22)17-20-10-25-21-17/h4-5,7,10,13H,2-3,6,8-9H2,1H3. The maximum Gasteiger partial charge on any atom is 0.264 e. The molecule has 1 aliphatic rings. The Kier molecular flexibility index (Phi) is 4.69. The lowest BCUT2D eigenvalue weighted by Gasteiger charge is -2.33. The van der Waals surface area contributed by atoms with Crippen LogP contribution in [0.4, 0.5) is 4.39 Å². The SMILES string of the molecule is COCc1c(C(=O)N2CCCCC2c2ncon2)sc2cccc(F)c12. The molecule has 136 valence electrons. The Labute approximate surface area is 153 Å². The van der Waals surface area contributed by atoms with Gasteiger partial charge in [0.05, 0.1) is 17.5 Å². The molecule has 0 saturated carbocycles. The highest BCUT2D eigenvalue weighted by atomic mass is 32.1. The van der Waals surface area contributed by atoms with Gasteiger partial charge < -0.3 is 14.2 Å². The molecule has 1 amide bonds. The van der Waals surface area contributed by atoms with Crippen molar-refractivity contribution in [3.63, 3.8) is 0 Å². The molecule has 1 aliphatic heterocycles. The predicted molar refractivity (Wildman–Crippen MR) is 94.4 cm³/mol. The van der Waals surface area contributed by atoms with E-state index in [4.69, 9.17) is 9.26 Å². The van der Waals surface area contributed by atoms with Crippen molar-refractivity contribution in [1.29, 1.82) is 0 Å². The molecule has 6 nitrogen and oxygen atoms in total. The Hall–Kier alpha value is -2.32. The van der Waals surface area contributed by atoms with Gasteiger partial charge in [-0.25, -0.2) is 4.39 Å². The van der Waals surface area contributed by atoms with Crippen molar-refractivity contribution < 1.29 is 18.4 Å². The largest absolute Gasteiger partial charge is 0.380 e. The first-order valence-electron chi connectivity index (χ1n) is 8.46. The number of thiophene rings is 1. The summed E-state index contributed by atoms with van der Waals surface area (Å²) in [5, 5.41) is 4.39. The normalized spacial score (nSPS) is 17.8. The van der Waals surface area contributed by atoms with Crippen molar-refractivity contribution in [2.24, 2.45) is 0 Å². The first-order valence-corrected chi connectivity index (χ1v) is 9.28. The monoisotopic (exact) mass is 375 g/mol. The first kappa shape index (κ1) is 17.1. The number of amides is 1. The van der Waals surface area contributed by atoms with Crippen LogP contribution in [-0.2, 0) is 11.3 Å². The number of benzene rings is 1. The van der Waals surface area contributed by atoms with Gasteiger partial charge in [0.2, 0.25) is 6.39 Å². The third-order valence-electron chi connectivity index (χ3n) is 4.69.